The van der Waals surface area contributed by atoms with Crippen LogP contribution in [0.3, 0.4) is 0 Å². The lowest BCUT2D eigenvalue weighted by Gasteiger charge is -2.05. The molecule has 0 saturated carbocycles. The number of rotatable bonds is 1. The number of anilines is 1. The van der Waals surface area contributed by atoms with E-state index in [1.165, 1.54) is 0 Å². The molecule has 0 aliphatic heterocycles. The number of alkyl halides is 3. The van der Waals surface area contributed by atoms with Crippen LogP contribution in [-0.4, -0.2) is 9.78 Å². The lowest BCUT2D eigenvalue weighted by molar-refractivity contribution is -0.141. The molecule has 0 atom stereocenters. The van der Waals surface area contributed by atoms with Crippen LogP contribution in [0.5, 0.6) is 0 Å². The van der Waals surface area contributed by atoms with E-state index >= 15 is 0 Å². The Balaban J connectivity index is 2.50. The lowest BCUT2D eigenvalue weighted by atomic mass is 10.2. The fourth-order valence-corrected chi connectivity index (χ4v) is 1.50. The Morgan fingerprint density at radius 2 is 1.94 bits per heavy atom. The molecular formula is C11H10F3N3. The predicted molar refractivity (Wildman–Crippen MR) is 57.7 cm³/mol. The monoisotopic (exact) mass is 241 g/mol. The van der Waals surface area contributed by atoms with Gasteiger partial charge in [0.15, 0.2) is 5.69 Å². The van der Waals surface area contributed by atoms with Gasteiger partial charge in [-0.05, 0) is 24.6 Å². The zero-order valence-corrected chi connectivity index (χ0v) is 8.99. The minimum atomic E-state index is -4.48. The Hall–Kier alpha value is -1.98. The molecule has 2 rings (SSSR count). The Morgan fingerprint density at radius 3 is 2.47 bits per heavy atom. The summed E-state index contributed by atoms with van der Waals surface area (Å²) in [6.07, 6.45) is -4.48. The quantitative estimate of drug-likeness (QED) is 0.834. The van der Waals surface area contributed by atoms with Gasteiger partial charge < -0.3 is 5.73 Å². The highest BCUT2D eigenvalue weighted by Gasteiger charge is 2.34. The molecule has 2 aromatic rings. The van der Waals surface area contributed by atoms with Crippen molar-refractivity contribution in [3.8, 4) is 5.69 Å². The third-order valence-corrected chi connectivity index (χ3v) is 2.27. The number of aryl methyl sites for hydroxylation is 1. The summed E-state index contributed by atoms with van der Waals surface area (Å²) in [5, 5.41) is 3.46. The van der Waals surface area contributed by atoms with E-state index in [1.54, 1.807) is 18.2 Å². The van der Waals surface area contributed by atoms with Crippen LogP contribution in [-0.2, 0) is 6.18 Å². The molecule has 2 N–H and O–H groups in total. The molecule has 0 fully saturated rings. The van der Waals surface area contributed by atoms with E-state index in [1.807, 2.05) is 13.0 Å². The number of hydrogen-bond acceptors (Lipinski definition) is 2. The van der Waals surface area contributed by atoms with Gasteiger partial charge in [-0.25, -0.2) is 4.68 Å². The summed E-state index contributed by atoms with van der Waals surface area (Å²) < 4.78 is 38.4. The highest BCUT2D eigenvalue weighted by Crippen LogP contribution is 2.30. The van der Waals surface area contributed by atoms with Crippen molar-refractivity contribution in [2.75, 3.05) is 5.73 Å². The minimum Gasteiger partial charge on any atom is -0.384 e. The minimum absolute atomic E-state index is 0.0390. The van der Waals surface area contributed by atoms with Crippen molar-refractivity contribution in [2.24, 2.45) is 0 Å². The second-order valence-electron chi connectivity index (χ2n) is 3.70. The zero-order chi connectivity index (χ0) is 12.6. The van der Waals surface area contributed by atoms with Crippen molar-refractivity contribution in [2.45, 2.75) is 13.1 Å². The third-order valence-electron chi connectivity index (χ3n) is 2.27. The van der Waals surface area contributed by atoms with E-state index in [2.05, 4.69) is 5.10 Å². The Bertz CT molecular complexity index is 543. The molecule has 6 heteroatoms. The van der Waals surface area contributed by atoms with Gasteiger partial charge in [-0.2, -0.15) is 18.3 Å². The van der Waals surface area contributed by atoms with Crippen molar-refractivity contribution < 1.29 is 13.2 Å². The summed E-state index contributed by atoms with van der Waals surface area (Å²) in [4.78, 5) is 0. The molecule has 1 heterocycles. The van der Waals surface area contributed by atoms with E-state index in [9.17, 15) is 13.2 Å². The van der Waals surface area contributed by atoms with Crippen LogP contribution >= 0.6 is 0 Å². The van der Waals surface area contributed by atoms with E-state index < -0.39 is 11.9 Å². The molecule has 90 valence electrons. The van der Waals surface area contributed by atoms with Crippen molar-refractivity contribution >= 4 is 5.82 Å². The van der Waals surface area contributed by atoms with Crippen LogP contribution in [0.4, 0.5) is 19.0 Å². The van der Waals surface area contributed by atoms with Crippen LogP contribution < -0.4 is 5.73 Å². The molecule has 0 bridgehead atoms. The maximum Gasteiger partial charge on any atom is 0.435 e. The lowest BCUT2D eigenvalue weighted by Crippen LogP contribution is -2.07. The van der Waals surface area contributed by atoms with E-state index in [0.717, 1.165) is 16.3 Å². The zero-order valence-electron chi connectivity index (χ0n) is 8.99. The standard InChI is InChI=1S/C11H10F3N3/c1-7-3-2-4-8(5-7)17-10(15)6-9(16-17)11(12,13)14/h2-6H,15H2,1H3. The fraction of sp³-hybridized carbons (Fsp3) is 0.182. The average Bonchev–Trinajstić information content (AvgIpc) is 2.60. The molecule has 17 heavy (non-hydrogen) atoms. The van der Waals surface area contributed by atoms with Gasteiger partial charge in [-0.1, -0.05) is 12.1 Å². The average molecular weight is 241 g/mol. The number of nitrogen functional groups attached to an aromatic ring is 1. The SMILES string of the molecule is Cc1cccc(-n2nc(C(F)(F)F)cc2N)c1. The van der Waals surface area contributed by atoms with Crippen LogP contribution in [0.15, 0.2) is 30.3 Å². The number of nitrogens with zero attached hydrogens (tertiary/aromatic N) is 2. The first-order chi connectivity index (χ1) is 7.88. The van der Waals surface area contributed by atoms with Gasteiger partial charge in [0.1, 0.15) is 5.82 Å². The summed E-state index contributed by atoms with van der Waals surface area (Å²) in [5.74, 6) is -0.0390. The van der Waals surface area contributed by atoms with Gasteiger partial charge in [0.2, 0.25) is 0 Å². The summed E-state index contributed by atoms with van der Waals surface area (Å²) in [5.41, 5.74) is 5.97. The molecule has 0 aliphatic carbocycles. The highest BCUT2D eigenvalue weighted by atomic mass is 19.4. The van der Waals surface area contributed by atoms with Crippen LogP contribution in [0.25, 0.3) is 5.69 Å². The summed E-state index contributed by atoms with van der Waals surface area (Å²) >= 11 is 0. The first-order valence-electron chi connectivity index (χ1n) is 4.88. The summed E-state index contributed by atoms with van der Waals surface area (Å²) in [6.45, 7) is 1.84. The van der Waals surface area contributed by atoms with Gasteiger partial charge >= 0.3 is 6.18 Å². The van der Waals surface area contributed by atoms with E-state index in [0.29, 0.717) is 5.69 Å². The maximum absolute atomic E-state index is 12.4. The molecule has 0 unspecified atom stereocenters. The molecule has 0 spiro atoms. The number of benzene rings is 1. The first kappa shape index (κ1) is 11.5. The molecular weight excluding hydrogens is 231 g/mol. The van der Waals surface area contributed by atoms with Crippen molar-refractivity contribution in [1.82, 2.24) is 9.78 Å². The van der Waals surface area contributed by atoms with E-state index in [-0.39, 0.29) is 5.82 Å². The summed E-state index contributed by atoms with van der Waals surface area (Å²) in [6, 6.07) is 7.76. The van der Waals surface area contributed by atoms with Gasteiger partial charge in [-0.15, -0.1) is 0 Å². The molecule has 0 aliphatic rings. The van der Waals surface area contributed by atoms with Crippen LogP contribution in [0.2, 0.25) is 0 Å². The maximum atomic E-state index is 12.4. The molecule has 3 nitrogen and oxygen atoms in total. The van der Waals surface area contributed by atoms with Crippen molar-refractivity contribution in [3.63, 3.8) is 0 Å². The highest BCUT2D eigenvalue weighted by molar-refractivity contribution is 5.44. The Labute approximate surface area is 95.7 Å². The molecule has 0 amide bonds. The molecule has 0 radical (unpaired) electrons. The smallest absolute Gasteiger partial charge is 0.384 e. The van der Waals surface area contributed by atoms with Gasteiger partial charge in [0.05, 0.1) is 5.69 Å². The largest absolute Gasteiger partial charge is 0.435 e. The summed E-state index contributed by atoms with van der Waals surface area (Å²) in [7, 11) is 0. The molecule has 0 saturated heterocycles. The Morgan fingerprint density at radius 1 is 1.24 bits per heavy atom. The molecule has 1 aromatic heterocycles. The normalized spacial score (nSPS) is 11.8. The van der Waals surface area contributed by atoms with Gasteiger partial charge in [0.25, 0.3) is 0 Å². The predicted octanol–water partition coefficient (Wildman–Crippen LogP) is 2.78. The fourth-order valence-electron chi connectivity index (χ4n) is 1.50. The number of aromatic nitrogens is 2. The number of halogens is 3. The van der Waals surface area contributed by atoms with E-state index in [4.69, 9.17) is 5.73 Å². The van der Waals surface area contributed by atoms with Gasteiger partial charge in [0, 0.05) is 6.07 Å². The second-order valence-corrected chi connectivity index (χ2v) is 3.70. The number of nitrogens with two attached hydrogens (primary N) is 1. The third kappa shape index (κ3) is 2.25. The first-order valence-corrected chi connectivity index (χ1v) is 4.88. The topological polar surface area (TPSA) is 43.8 Å². The van der Waals surface area contributed by atoms with Crippen molar-refractivity contribution in [1.29, 1.82) is 0 Å². The Kier molecular flexibility index (Phi) is 2.57. The second kappa shape index (κ2) is 3.80. The van der Waals surface area contributed by atoms with Gasteiger partial charge in [-0.3, -0.25) is 0 Å². The van der Waals surface area contributed by atoms with Crippen LogP contribution in [0, 0.1) is 6.92 Å². The van der Waals surface area contributed by atoms with Crippen LogP contribution in [0.1, 0.15) is 11.3 Å². The molecule has 1 aromatic carbocycles. The number of hydrogen-bond donors (Lipinski definition) is 1. The van der Waals surface area contributed by atoms with Crippen molar-refractivity contribution in [3.05, 3.63) is 41.6 Å².